The van der Waals surface area contributed by atoms with E-state index in [9.17, 15) is 14.4 Å². The molecule has 0 radical (unpaired) electrons. The molecule has 1 saturated carbocycles. The number of amides is 2. The molecule has 0 spiro atoms. The molecule has 1 aliphatic rings. The lowest BCUT2D eigenvalue weighted by molar-refractivity contribution is -0.145. The standard InChI is InChI=1S/C13H22N2O5/c1-13(2)6-4-3-5-9(13)15-12(20)14-8(11(18)19)7-10(16)17/h8-9H,3-7H2,1-2H3,(H,16,17)(H,18,19)(H2,14,15,20)/t8-,9?/m1/s1. The number of carbonyl (C=O) groups excluding carboxylic acids is 1. The SMILES string of the molecule is CC1(C)CCCCC1NC(=O)N[C@H](CC(=O)O)C(=O)O. The molecule has 1 fully saturated rings. The summed E-state index contributed by atoms with van der Waals surface area (Å²) in [6.45, 7) is 4.12. The van der Waals surface area contributed by atoms with Gasteiger partial charge in [0.1, 0.15) is 6.04 Å². The van der Waals surface area contributed by atoms with Crippen molar-refractivity contribution in [2.45, 2.75) is 58.0 Å². The zero-order valence-electron chi connectivity index (χ0n) is 11.8. The van der Waals surface area contributed by atoms with Gasteiger partial charge >= 0.3 is 18.0 Å². The maximum absolute atomic E-state index is 11.8. The topological polar surface area (TPSA) is 116 Å². The molecular weight excluding hydrogens is 264 g/mol. The molecule has 114 valence electrons. The smallest absolute Gasteiger partial charge is 0.326 e. The van der Waals surface area contributed by atoms with Gasteiger partial charge in [0.05, 0.1) is 6.42 Å². The lowest BCUT2D eigenvalue weighted by Crippen LogP contribution is -2.53. The Hall–Kier alpha value is -1.79. The fraction of sp³-hybridized carbons (Fsp3) is 0.769. The Bertz CT molecular complexity index is 394. The molecule has 20 heavy (non-hydrogen) atoms. The van der Waals surface area contributed by atoms with Crippen LogP contribution in [-0.2, 0) is 9.59 Å². The number of carboxylic acid groups (broad SMARTS) is 2. The largest absolute Gasteiger partial charge is 0.481 e. The van der Waals surface area contributed by atoms with Gasteiger partial charge < -0.3 is 20.8 Å². The zero-order chi connectivity index (χ0) is 15.3. The summed E-state index contributed by atoms with van der Waals surface area (Å²) < 4.78 is 0. The minimum atomic E-state index is -1.42. The van der Waals surface area contributed by atoms with E-state index < -0.39 is 30.4 Å². The van der Waals surface area contributed by atoms with E-state index in [1.807, 2.05) is 0 Å². The Morgan fingerprint density at radius 2 is 1.90 bits per heavy atom. The van der Waals surface area contributed by atoms with Gasteiger partial charge in [0.15, 0.2) is 0 Å². The number of nitrogens with one attached hydrogen (secondary N) is 2. The normalized spacial score (nSPS) is 22.6. The predicted molar refractivity (Wildman–Crippen MR) is 71.4 cm³/mol. The average molecular weight is 286 g/mol. The number of carbonyl (C=O) groups is 3. The van der Waals surface area contributed by atoms with E-state index in [2.05, 4.69) is 24.5 Å². The number of hydrogen-bond donors (Lipinski definition) is 4. The number of rotatable bonds is 5. The van der Waals surface area contributed by atoms with Crippen LogP contribution in [0, 0.1) is 5.41 Å². The second-order valence-electron chi connectivity index (χ2n) is 5.89. The number of urea groups is 1. The highest BCUT2D eigenvalue weighted by atomic mass is 16.4. The Labute approximate surface area is 117 Å². The molecule has 1 rings (SSSR count). The summed E-state index contributed by atoms with van der Waals surface area (Å²) in [5, 5.41) is 22.5. The van der Waals surface area contributed by atoms with Gasteiger partial charge in [-0.3, -0.25) is 4.79 Å². The van der Waals surface area contributed by atoms with Crippen LogP contribution < -0.4 is 10.6 Å². The third kappa shape index (κ3) is 4.71. The van der Waals surface area contributed by atoms with Crippen molar-refractivity contribution in [1.82, 2.24) is 10.6 Å². The van der Waals surface area contributed by atoms with Crippen LogP contribution in [-0.4, -0.2) is 40.3 Å². The molecule has 0 heterocycles. The molecule has 0 aromatic heterocycles. The molecule has 0 saturated heterocycles. The van der Waals surface area contributed by atoms with E-state index in [1.54, 1.807) is 0 Å². The van der Waals surface area contributed by atoms with E-state index in [4.69, 9.17) is 10.2 Å². The van der Waals surface area contributed by atoms with Gasteiger partial charge in [0, 0.05) is 6.04 Å². The summed E-state index contributed by atoms with van der Waals surface area (Å²) in [6, 6.07) is -2.08. The van der Waals surface area contributed by atoms with Crippen molar-refractivity contribution in [2.75, 3.05) is 0 Å². The molecule has 1 unspecified atom stereocenters. The molecule has 2 atom stereocenters. The first-order valence-electron chi connectivity index (χ1n) is 6.74. The highest BCUT2D eigenvalue weighted by molar-refractivity contribution is 5.86. The van der Waals surface area contributed by atoms with E-state index in [0.29, 0.717) is 0 Å². The fourth-order valence-electron chi connectivity index (χ4n) is 2.49. The average Bonchev–Trinajstić information content (AvgIpc) is 2.30. The van der Waals surface area contributed by atoms with Crippen LogP contribution in [0.15, 0.2) is 0 Å². The first-order valence-corrected chi connectivity index (χ1v) is 6.74. The summed E-state index contributed by atoms with van der Waals surface area (Å²) in [7, 11) is 0. The van der Waals surface area contributed by atoms with Crippen LogP contribution in [0.2, 0.25) is 0 Å². The Morgan fingerprint density at radius 1 is 1.25 bits per heavy atom. The van der Waals surface area contributed by atoms with Crippen LogP contribution in [0.1, 0.15) is 46.0 Å². The second-order valence-corrected chi connectivity index (χ2v) is 5.89. The van der Waals surface area contributed by atoms with Gasteiger partial charge in [0.25, 0.3) is 0 Å². The van der Waals surface area contributed by atoms with Gasteiger partial charge in [-0.15, -0.1) is 0 Å². The van der Waals surface area contributed by atoms with Crippen LogP contribution in [0.4, 0.5) is 4.79 Å². The molecule has 7 heteroatoms. The fourth-order valence-corrected chi connectivity index (χ4v) is 2.49. The summed E-state index contributed by atoms with van der Waals surface area (Å²) in [6.07, 6.45) is 3.33. The number of hydrogen-bond acceptors (Lipinski definition) is 3. The molecule has 2 amide bonds. The van der Waals surface area contributed by atoms with E-state index in [-0.39, 0.29) is 11.5 Å². The lowest BCUT2D eigenvalue weighted by Gasteiger charge is -2.39. The Balaban J connectivity index is 2.56. The third-order valence-electron chi connectivity index (χ3n) is 3.79. The van der Waals surface area contributed by atoms with Gasteiger partial charge in [-0.2, -0.15) is 0 Å². The highest BCUT2D eigenvalue weighted by Gasteiger charge is 2.34. The van der Waals surface area contributed by atoms with Crippen molar-refractivity contribution in [3.05, 3.63) is 0 Å². The minimum Gasteiger partial charge on any atom is -0.481 e. The molecular formula is C13H22N2O5. The lowest BCUT2D eigenvalue weighted by atomic mass is 9.73. The summed E-state index contributed by atoms with van der Waals surface area (Å²) in [4.78, 5) is 33.3. The van der Waals surface area contributed by atoms with Gasteiger partial charge in [-0.25, -0.2) is 9.59 Å². The number of aliphatic carboxylic acids is 2. The van der Waals surface area contributed by atoms with Crippen molar-refractivity contribution in [1.29, 1.82) is 0 Å². The van der Waals surface area contributed by atoms with Crippen molar-refractivity contribution >= 4 is 18.0 Å². The highest BCUT2D eigenvalue weighted by Crippen LogP contribution is 2.35. The molecule has 0 aromatic carbocycles. The van der Waals surface area contributed by atoms with Gasteiger partial charge in [0.2, 0.25) is 0 Å². The van der Waals surface area contributed by atoms with Crippen LogP contribution >= 0.6 is 0 Å². The van der Waals surface area contributed by atoms with Crippen LogP contribution in [0.25, 0.3) is 0 Å². The van der Waals surface area contributed by atoms with Gasteiger partial charge in [-0.1, -0.05) is 26.7 Å². The van der Waals surface area contributed by atoms with Crippen molar-refractivity contribution in [2.24, 2.45) is 5.41 Å². The quantitative estimate of drug-likeness (QED) is 0.605. The van der Waals surface area contributed by atoms with E-state index >= 15 is 0 Å². The Kier molecular flexibility index (Phi) is 5.35. The molecule has 1 aliphatic carbocycles. The van der Waals surface area contributed by atoms with Crippen LogP contribution in [0.5, 0.6) is 0 Å². The Morgan fingerprint density at radius 3 is 2.40 bits per heavy atom. The van der Waals surface area contributed by atoms with E-state index in [0.717, 1.165) is 25.7 Å². The monoisotopic (exact) mass is 286 g/mol. The maximum Gasteiger partial charge on any atom is 0.326 e. The predicted octanol–water partition coefficient (Wildman–Crippen LogP) is 1.18. The maximum atomic E-state index is 11.8. The molecule has 0 bridgehead atoms. The number of carboxylic acids is 2. The zero-order valence-corrected chi connectivity index (χ0v) is 11.8. The second kappa shape index (κ2) is 6.58. The summed E-state index contributed by atoms with van der Waals surface area (Å²) in [5.41, 5.74) is -0.0406. The molecule has 7 nitrogen and oxygen atoms in total. The van der Waals surface area contributed by atoms with Crippen molar-refractivity contribution in [3.8, 4) is 0 Å². The minimum absolute atomic E-state index is 0.0319. The van der Waals surface area contributed by atoms with Gasteiger partial charge in [-0.05, 0) is 18.3 Å². The van der Waals surface area contributed by atoms with Crippen molar-refractivity contribution < 1.29 is 24.6 Å². The first kappa shape index (κ1) is 16.3. The van der Waals surface area contributed by atoms with Crippen molar-refractivity contribution in [3.63, 3.8) is 0 Å². The first-order chi connectivity index (χ1) is 9.22. The molecule has 4 N–H and O–H groups in total. The third-order valence-corrected chi connectivity index (χ3v) is 3.79. The molecule has 0 aliphatic heterocycles. The van der Waals surface area contributed by atoms with E-state index in [1.165, 1.54) is 0 Å². The molecule has 0 aromatic rings. The summed E-state index contributed by atoms with van der Waals surface area (Å²) in [5.74, 6) is -2.62. The van der Waals surface area contributed by atoms with Crippen LogP contribution in [0.3, 0.4) is 0 Å². The summed E-state index contributed by atoms with van der Waals surface area (Å²) >= 11 is 0.